The van der Waals surface area contributed by atoms with Crippen molar-refractivity contribution in [3.05, 3.63) is 94.9 Å². The van der Waals surface area contributed by atoms with Crippen molar-refractivity contribution in [1.29, 1.82) is 0 Å². The minimum absolute atomic E-state index is 0.0434. The zero-order valence-corrected chi connectivity index (χ0v) is 30.0. The zero-order chi connectivity index (χ0) is 35.2. The highest BCUT2D eigenvalue weighted by atomic mass is 32.1. The van der Waals surface area contributed by atoms with Gasteiger partial charge in [-0.3, -0.25) is 24.6 Å². The summed E-state index contributed by atoms with van der Waals surface area (Å²) in [6.07, 6.45) is 13.7. The monoisotopic (exact) mass is 704 g/mol. The maximum Gasteiger partial charge on any atom is 0.237 e. The van der Waals surface area contributed by atoms with E-state index in [9.17, 15) is 9.59 Å². The second-order valence-corrected chi connectivity index (χ2v) is 14.6. The van der Waals surface area contributed by atoms with Crippen LogP contribution in [0, 0.1) is 5.41 Å². The van der Waals surface area contributed by atoms with Crippen molar-refractivity contribution in [3.8, 4) is 17.0 Å². The number of H-pyrrole nitrogens is 1. The van der Waals surface area contributed by atoms with Gasteiger partial charge < -0.3 is 19.7 Å². The van der Waals surface area contributed by atoms with E-state index in [1.807, 2.05) is 72.6 Å². The Labute approximate surface area is 302 Å². The molecule has 0 unspecified atom stereocenters. The highest BCUT2D eigenvalue weighted by molar-refractivity contribution is 7.15. The molecule has 0 saturated carbocycles. The van der Waals surface area contributed by atoms with E-state index in [4.69, 9.17) is 9.47 Å². The third-order valence-corrected chi connectivity index (χ3v) is 11.1. The molecule has 0 spiro atoms. The summed E-state index contributed by atoms with van der Waals surface area (Å²) in [5.41, 5.74) is 5.16. The SMILES string of the molecule is COCCOc1ccc(-c2n[nH]c3ccc(NC(=O)[C@]4(C)CCN(CC(=O)N5CC=C(c6ccc(C7=N/C=C\C=C\CC7)s6)CC5)C4)cc23)cc1. The molecule has 1 atom stereocenters. The number of aromatic amines is 1. The number of amides is 2. The number of anilines is 1. The van der Waals surface area contributed by atoms with Crippen LogP contribution < -0.4 is 10.1 Å². The lowest BCUT2D eigenvalue weighted by Gasteiger charge is -2.29. The van der Waals surface area contributed by atoms with Gasteiger partial charge >= 0.3 is 0 Å². The second-order valence-electron chi connectivity index (χ2n) is 13.5. The fourth-order valence-electron chi connectivity index (χ4n) is 6.83. The maximum absolute atomic E-state index is 13.7. The fourth-order valence-corrected chi connectivity index (χ4v) is 7.93. The smallest absolute Gasteiger partial charge is 0.237 e. The first-order valence-electron chi connectivity index (χ1n) is 17.6. The molecule has 2 amide bonds. The molecule has 7 rings (SSSR count). The van der Waals surface area contributed by atoms with Crippen LogP contribution in [-0.2, 0) is 14.3 Å². The first-order valence-corrected chi connectivity index (χ1v) is 18.4. The molecular formula is C40H44N6O4S. The quantitative estimate of drug-likeness (QED) is 0.164. The molecule has 4 aromatic rings. The van der Waals surface area contributed by atoms with Gasteiger partial charge in [0.05, 0.1) is 35.5 Å². The van der Waals surface area contributed by atoms with Crippen LogP contribution >= 0.6 is 11.3 Å². The predicted octanol–water partition coefficient (Wildman–Crippen LogP) is 6.94. The predicted molar refractivity (Wildman–Crippen MR) is 204 cm³/mol. The van der Waals surface area contributed by atoms with E-state index in [0.29, 0.717) is 58.0 Å². The molecule has 0 bridgehead atoms. The van der Waals surface area contributed by atoms with Crippen LogP contribution in [0.5, 0.6) is 5.75 Å². The molecule has 264 valence electrons. The molecule has 1 fully saturated rings. The Balaban J connectivity index is 0.926. The van der Waals surface area contributed by atoms with Gasteiger partial charge in [0.15, 0.2) is 0 Å². The number of benzene rings is 2. The highest BCUT2D eigenvalue weighted by Gasteiger charge is 2.41. The summed E-state index contributed by atoms with van der Waals surface area (Å²) >= 11 is 1.79. The van der Waals surface area contributed by atoms with Crippen molar-refractivity contribution in [3.63, 3.8) is 0 Å². The van der Waals surface area contributed by atoms with Gasteiger partial charge in [-0.15, -0.1) is 11.3 Å². The Hall–Kier alpha value is -4.84. The van der Waals surface area contributed by atoms with Gasteiger partial charge in [0, 0.05) is 59.3 Å². The topological polar surface area (TPSA) is 112 Å². The molecule has 2 aromatic carbocycles. The molecular weight excluding hydrogens is 661 g/mol. The molecule has 0 radical (unpaired) electrons. The van der Waals surface area contributed by atoms with Gasteiger partial charge in [0.1, 0.15) is 12.4 Å². The molecule has 51 heavy (non-hydrogen) atoms. The Bertz CT molecular complexity index is 2010. The highest BCUT2D eigenvalue weighted by Crippen LogP contribution is 2.34. The number of carbonyl (C=O) groups excluding carboxylic acids is 2. The normalized spacial score (nSPS) is 20.7. The summed E-state index contributed by atoms with van der Waals surface area (Å²) in [6, 6.07) is 17.9. The van der Waals surface area contributed by atoms with Crippen molar-refractivity contribution in [1.82, 2.24) is 20.0 Å². The van der Waals surface area contributed by atoms with E-state index in [-0.39, 0.29) is 11.8 Å². The number of hydrogen-bond donors (Lipinski definition) is 2. The molecule has 10 nitrogen and oxygen atoms in total. The van der Waals surface area contributed by atoms with Crippen molar-refractivity contribution < 1.29 is 19.1 Å². The zero-order valence-electron chi connectivity index (χ0n) is 29.2. The van der Waals surface area contributed by atoms with Crippen LogP contribution in [-0.4, -0.2) is 90.6 Å². The van der Waals surface area contributed by atoms with Gasteiger partial charge in [-0.25, -0.2) is 0 Å². The number of fused-ring (bicyclic) bond motifs is 1. The summed E-state index contributed by atoms with van der Waals surface area (Å²) in [7, 11) is 1.65. The Morgan fingerprint density at radius 2 is 1.88 bits per heavy atom. The number of carbonyl (C=O) groups is 2. The van der Waals surface area contributed by atoms with Crippen LogP contribution in [0.3, 0.4) is 0 Å². The molecule has 2 aromatic heterocycles. The van der Waals surface area contributed by atoms with Gasteiger partial charge in [0.2, 0.25) is 11.8 Å². The molecule has 5 heterocycles. The van der Waals surface area contributed by atoms with Gasteiger partial charge in [-0.05, 0) is 105 Å². The summed E-state index contributed by atoms with van der Waals surface area (Å²) in [4.78, 5) is 38.2. The van der Waals surface area contributed by atoms with Gasteiger partial charge in [-0.1, -0.05) is 18.2 Å². The molecule has 3 aliphatic heterocycles. The summed E-state index contributed by atoms with van der Waals surface area (Å²) < 4.78 is 10.7. The third-order valence-electron chi connectivity index (χ3n) is 9.84. The number of aliphatic imine (C=N–C) groups is 1. The number of nitrogens with zero attached hydrogens (tertiary/aromatic N) is 4. The van der Waals surface area contributed by atoms with Crippen molar-refractivity contribution in [2.24, 2.45) is 10.4 Å². The summed E-state index contributed by atoms with van der Waals surface area (Å²) in [5, 5.41) is 11.7. The van der Waals surface area contributed by atoms with E-state index in [2.05, 4.69) is 49.7 Å². The second kappa shape index (κ2) is 15.6. The number of nitrogens with one attached hydrogen (secondary N) is 2. The molecule has 0 aliphatic carbocycles. The number of thiophene rings is 1. The van der Waals surface area contributed by atoms with E-state index in [1.54, 1.807) is 18.4 Å². The van der Waals surface area contributed by atoms with Crippen LogP contribution in [0.15, 0.2) is 90.1 Å². The molecule has 2 N–H and O–H groups in total. The molecule has 3 aliphatic rings. The van der Waals surface area contributed by atoms with Gasteiger partial charge in [0.25, 0.3) is 0 Å². The number of methoxy groups -OCH3 is 1. The summed E-state index contributed by atoms with van der Waals surface area (Å²) in [5.74, 6) is 0.832. The van der Waals surface area contributed by atoms with E-state index < -0.39 is 5.41 Å². The van der Waals surface area contributed by atoms with Crippen molar-refractivity contribution in [2.45, 2.75) is 32.6 Å². The standard InChI is InChI=1S/C40H44N6O4S/c1-40(39(48)42-30-10-13-33-32(25-30)38(44-43-33)29-8-11-31(12-9-29)50-24-23-49-2)18-22-45(27-40)26-37(47)46-20-16-28(17-21-46)35-14-15-36(51-35)34-7-5-3-4-6-19-41-34/h3-4,6,8-16,19,25H,5,7,17-18,20-24,26-27H2,1-2H3,(H,42,48)(H,43,44)/b4-3+,19-6-,41-34?/t40-/m1/s1. The number of ether oxygens (including phenoxy) is 2. The van der Waals surface area contributed by atoms with Crippen LogP contribution in [0.2, 0.25) is 0 Å². The minimum Gasteiger partial charge on any atom is -0.491 e. The first kappa shape index (κ1) is 34.6. The van der Waals surface area contributed by atoms with Gasteiger partial charge in [-0.2, -0.15) is 5.10 Å². The lowest BCUT2D eigenvalue weighted by atomic mass is 9.88. The van der Waals surface area contributed by atoms with Crippen LogP contribution in [0.4, 0.5) is 5.69 Å². The number of likely N-dealkylation sites (tertiary alicyclic amines) is 1. The minimum atomic E-state index is -0.605. The summed E-state index contributed by atoms with van der Waals surface area (Å²) in [6.45, 7) is 5.86. The van der Waals surface area contributed by atoms with Crippen LogP contribution in [0.1, 0.15) is 42.4 Å². The lowest BCUT2D eigenvalue weighted by molar-refractivity contribution is -0.132. The Morgan fingerprint density at radius 3 is 2.71 bits per heavy atom. The molecule has 1 saturated heterocycles. The number of allylic oxidation sites excluding steroid dienone is 3. The van der Waals surface area contributed by atoms with Crippen LogP contribution in [0.25, 0.3) is 27.7 Å². The largest absolute Gasteiger partial charge is 0.491 e. The van der Waals surface area contributed by atoms with E-state index >= 15 is 0 Å². The average Bonchev–Trinajstić information content (AvgIpc) is 3.88. The van der Waals surface area contributed by atoms with E-state index in [0.717, 1.165) is 52.9 Å². The number of hydrogen-bond acceptors (Lipinski definition) is 8. The van der Waals surface area contributed by atoms with Crippen molar-refractivity contribution >= 4 is 51.0 Å². The lowest BCUT2D eigenvalue weighted by Crippen LogP contribution is -2.43. The molecule has 11 heteroatoms. The van der Waals surface area contributed by atoms with Crippen molar-refractivity contribution in [2.75, 3.05) is 58.4 Å². The fraction of sp³-hybridized carbons (Fsp3) is 0.350. The number of rotatable bonds is 11. The average molecular weight is 705 g/mol. The Morgan fingerprint density at radius 1 is 1.02 bits per heavy atom. The maximum atomic E-state index is 13.7. The third kappa shape index (κ3) is 8.06. The van der Waals surface area contributed by atoms with E-state index in [1.165, 1.54) is 15.3 Å². The first-order chi connectivity index (χ1) is 24.9. The number of aromatic nitrogens is 2. The Kier molecular flexibility index (Phi) is 10.6.